The van der Waals surface area contributed by atoms with E-state index in [-0.39, 0.29) is 6.10 Å². The minimum Gasteiger partial charge on any atom is -0.393 e. The molecular formula is C10H16N2O. The third-order valence-electron chi connectivity index (χ3n) is 2.65. The van der Waals surface area contributed by atoms with Crippen LogP contribution in [0, 0.1) is 0 Å². The lowest BCUT2D eigenvalue weighted by Gasteiger charge is -2.20. The Morgan fingerprint density at radius 3 is 3.08 bits per heavy atom. The summed E-state index contributed by atoms with van der Waals surface area (Å²) < 4.78 is 2.03. The van der Waals surface area contributed by atoms with Crippen molar-refractivity contribution in [3.05, 3.63) is 17.5 Å². The second-order valence-corrected chi connectivity index (χ2v) is 4.05. The lowest BCUT2D eigenvalue weighted by atomic mass is 9.95. The molecule has 1 aliphatic rings. The second kappa shape index (κ2) is 3.14. The van der Waals surface area contributed by atoms with Crippen molar-refractivity contribution in [2.75, 3.05) is 0 Å². The van der Waals surface area contributed by atoms with Crippen LogP contribution in [0.4, 0.5) is 0 Å². The monoisotopic (exact) mass is 180 g/mol. The summed E-state index contributed by atoms with van der Waals surface area (Å²) in [4.78, 5) is 0. The Kier molecular flexibility index (Phi) is 2.12. The third-order valence-corrected chi connectivity index (χ3v) is 2.65. The van der Waals surface area contributed by atoms with Crippen molar-refractivity contribution < 1.29 is 5.11 Å². The van der Waals surface area contributed by atoms with Crippen LogP contribution < -0.4 is 0 Å². The van der Waals surface area contributed by atoms with Gasteiger partial charge in [-0.05, 0) is 32.3 Å². The average molecular weight is 180 g/mol. The molecule has 1 aliphatic carbocycles. The number of aryl methyl sites for hydroxylation is 1. The first-order valence-corrected chi connectivity index (χ1v) is 4.92. The van der Waals surface area contributed by atoms with E-state index in [9.17, 15) is 5.11 Å². The van der Waals surface area contributed by atoms with E-state index in [1.807, 2.05) is 10.9 Å². The highest BCUT2D eigenvalue weighted by molar-refractivity contribution is 5.22. The molecule has 1 aromatic heterocycles. The lowest BCUT2D eigenvalue weighted by molar-refractivity contribution is 0.155. The topological polar surface area (TPSA) is 38.0 Å². The molecule has 0 spiro atoms. The maximum atomic E-state index is 9.54. The molecule has 13 heavy (non-hydrogen) atoms. The highest BCUT2D eigenvalue weighted by Crippen LogP contribution is 2.23. The molecule has 3 nitrogen and oxygen atoms in total. The van der Waals surface area contributed by atoms with E-state index >= 15 is 0 Å². The highest BCUT2D eigenvalue weighted by atomic mass is 16.3. The highest BCUT2D eigenvalue weighted by Gasteiger charge is 2.21. The molecule has 2 rings (SSSR count). The molecule has 1 atom stereocenters. The van der Waals surface area contributed by atoms with Gasteiger partial charge in [-0.1, -0.05) is 0 Å². The van der Waals surface area contributed by atoms with Crippen molar-refractivity contribution >= 4 is 0 Å². The smallest absolute Gasteiger partial charge is 0.0598 e. The zero-order chi connectivity index (χ0) is 9.42. The fourth-order valence-electron chi connectivity index (χ4n) is 1.95. The van der Waals surface area contributed by atoms with E-state index in [4.69, 9.17) is 0 Å². The van der Waals surface area contributed by atoms with Gasteiger partial charge in [-0.15, -0.1) is 0 Å². The van der Waals surface area contributed by atoms with Gasteiger partial charge in [0.2, 0.25) is 0 Å². The number of rotatable bonds is 1. The molecule has 3 heteroatoms. The lowest BCUT2D eigenvalue weighted by Crippen LogP contribution is -2.21. The Bertz CT molecular complexity index is 304. The van der Waals surface area contributed by atoms with Crippen LogP contribution in [0.5, 0.6) is 0 Å². The number of nitrogens with zero attached hydrogens (tertiary/aromatic N) is 2. The first kappa shape index (κ1) is 8.75. The average Bonchev–Trinajstić information content (AvgIpc) is 2.46. The number of aliphatic hydroxyl groups is 1. The molecule has 0 aromatic carbocycles. The minimum absolute atomic E-state index is 0.165. The number of aromatic nitrogens is 2. The Hall–Kier alpha value is -0.830. The SMILES string of the molecule is CC(C)n1ncc2c1CC(O)CC2. The van der Waals surface area contributed by atoms with Crippen molar-refractivity contribution in [2.24, 2.45) is 0 Å². The van der Waals surface area contributed by atoms with Crippen LogP contribution in [0.3, 0.4) is 0 Å². The fourth-order valence-corrected chi connectivity index (χ4v) is 1.95. The minimum atomic E-state index is -0.165. The quantitative estimate of drug-likeness (QED) is 0.707. The normalized spacial score (nSPS) is 22.0. The zero-order valence-corrected chi connectivity index (χ0v) is 8.20. The molecule has 0 saturated heterocycles. The van der Waals surface area contributed by atoms with Gasteiger partial charge in [0.15, 0.2) is 0 Å². The molecule has 0 amide bonds. The Labute approximate surface area is 78.4 Å². The van der Waals surface area contributed by atoms with E-state index in [1.165, 1.54) is 11.3 Å². The summed E-state index contributed by atoms with van der Waals surface area (Å²) in [6.45, 7) is 4.24. The summed E-state index contributed by atoms with van der Waals surface area (Å²) in [7, 11) is 0. The van der Waals surface area contributed by atoms with E-state index < -0.39 is 0 Å². The fraction of sp³-hybridized carbons (Fsp3) is 0.700. The third kappa shape index (κ3) is 1.48. The van der Waals surface area contributed by atoms with Crippen LogP contribution in [-0.2, 0) is 12.8 Å². The van der Waals surface area contributed by atoms with Gasteiger partial charge < -0.3 is 5.11 Å². The van der Waals surface area contributed by atoms with Gasteiger partial charge >= 0.3 is 0 Å². The molecule has 0 saturated carbocycles. The number of fused-ring (bicyclic) bond motifs is 1. The van der Waals surface area contributed by atoms with Crippen LogP contribution in [0.2, 0.25) is 0 Å². The maximum absolute atomic E-state index is 9.54. The van der Waals surface area contributed by atoms with Gasteiger partial charge in [-0.3, -0.25) is 4.68 Å². The maximum Gasteiger partial charge on any atom is 0.0598 e. The predicted octanol–water partition coefficient (Wildman–Crippen LogP) is 1.31. The van der Waals surface area contributed by atoms with Gasteiger partial charge in [-0.2, -0.15) is 5.10 Å². The molecule has 1 heterocycles. The van der Waals surface area contributed by atoms with Gasteiger partial charge in [0, 0.05) is 18.2 Å². The largest absolute Gasteiger partial charge is 0.393 e. The zero-order valence-electron chi connectivity index (χ0n) is 8.20. The Morgan fingerprint density at radius 2 is 2.38 bits per heavy atom. The van der Waals surface area contributed by atoms with Gasteiger partial charge in [0.05, 0.1) is 12.3 Å². The van der Waals surface area contributed by atoms with Crippen LogP contribution in [0.25, 0.3) is 0 Å². The van der Waals surface area contributed by atoms with Crippen LogP contribution in [-0.4, -0.2) is 21.0 Å². The molecule has 0 aliphatic heterocycles. The van der Waals surface area contributed by atoms with Gasteiger partial charge in [0.1, 0.15) is 0 Å². The van der Waals surface area contributed by atoms with Crippen molar-refractivity contribution in [3.63, 3.8) is 0 Å². The summed E-state index contributed by atoms with van der Waals surface area (Å²) in [5, 5.41) is 13.9. The molecule has 0 radical (unpaired) electrons. The second-order valence-electron chi connectivity index (χ2n) is 4.05. The van der Waals surface area contributed by atoms with Crippen molar-refractivity contribution in [1.29, 1.82) is 0 Å². The summed E-state index contributed by atoms with van der Waals surface area (Å²) in [6.07, 6.45) is 4.41. The van der Waals surface area contributed by atoms with E-state index in [1.54, 1.807) is 0 Å². The molecule has 0 bridgehead atoms. The molecule has 0 fully saturated rings. The van der Waals surface area contributed by atoms with Crippen molar-refractivity contribution in [3.8, 4) is 0 Å². The summed E-state index contributed by atoms with van der Waals surface area (Å²) in [5.41, 5.74) is 2.55. The number of aliphatic hydroxyl groups excluding tert-OH is 1. The van der Waals surface area contributed by atoms with Crippen molar-refractivity contribution in [2.45, 2.75) is 45.3 Å². The predicted molar refractivity (Wildman–Crippen MR) is 50.6 cm³/mol. The Morgan fingerprint density at radius 1 is 1.62 bits per heavy atom. The first-order chi connectivity index (χ1) is 6.18. The number of hydrogen-bond donors (Lipinski definition) is 1. The van der Waals surface area contributed by atoms with Crippen LogP contribution in [0.1, 0.15) is 37.6 Å². The first-order valence-electron chi connectivity index (χ1n) is 4.92. The summed E-state index contributed by atoms with van der Waals surface area (Å²) in [5.74, 6) is 0. The van der Waals surface area contributed by atoms with Crippen molar-refractivity contribution in [1.82, 2.24) is 9.78 Å². The standard InChI is InChI=1S/C10H16N2O/c1-7(2)12-10-5-9(13)4-3-8(10)6-11-12/h6-7,9,13H,3-5H2,1-2H3. The summed E-state index contributed by atoms with van der Waals surface area (Å²) in [6, 6.07) is 0.397. The van der Waals surface area contributed by atoms with Crippen LogP contribution in [0.15, 0.2) is 6.20 Å². The van der Waals surface area contributed by atoms with E-state index in [0.29, 0.717) is 6.04 Å². The number of hydrogen-bond acceptors (Lipinski definition) is 2. The Balaban J connectivity index is 2.35. The van der Waals surface area contributed by atoms with Gasteiger partial charge in [-0.25, -0.2) is 0 Å². The van der Waals surface area contributed by atoms with E-state index in [2.05, 4.69) is 18.9 Å². The van der Waals surface area contributed by atoms with Gasteiger partial charge in [0.25, 0.3) is 0 Å². The van der Waals surface area contributed by atoms with Crippen LogP contribution >= 0.6 is 0 Å². The molecular weight excluding hydrogens is 164 g/mol. The summed E-state index contributed by atoms with van der Waals surface area (Å²) >= 11 is 0. The molecule has 1 unspecified atom stereocenters. The molecule has 1 aromatic rings. The molecule has 1 N–H and O–H groups in total. The molecule has 72 valence electrons. The van der Waals surface area contributed by atoms with E-state index in [0.717, 1.165) is 19.3 Å².